The van der Waals surface area contributed by atoms with Gasteiger partial charge in [-0.25, -0.2) is 0 Å². The average molecular weight is 351 g/mol. The number of likely N-dealkylation sites (tertiary alicyclic amines) is 1. The van der Waals surface area contributed by atoms with Crippen molar-refractivity contribution in [1.29, 1.82) is 0 Å². The molecule has 3 rings (SSSR count). The number of nitrogens with one attached hydrogen (secondary N) is 1. The van der Waals surface area contributed by atoms with E-state index in [2.05, 4.69) is 71.7 Å². The van der Waals surface area contributed by atoms with Crippen LogP contribution in [-0.4, -0.2) is 29.9 Å². The summed E-state index contributed by atoms with van der Waals surface area (Å²) in [6, 6.07) is 21.4. The van der Waals surface area contributed by atoms with Gasteiger partial charge >= 0.3 is 0 Å². The molecule has 0 radical (unpaired) electrons. The molecule has 0 aromatic heterocycles. The van der Waals surface area contributed by atoms with Crippen molar-refractivity contribution in [2.45, 2.75) is 45.2 Å². The quantitative estimate of drug-likeness (QED) is 0.779. The monoisotopic (exact) mass is 350 g/mol. The number of nitrogens with zero attached hydrogens (tertiary/aromatic N) is 1. The van der Waals surface area contributed by atoms with E-state index in [0.29, 0.717) is 18.4 Å². The van der Waals surface area contributed by atoms with Crippen LogP contribution in [0, 0.1) is 5.92 Å². The lowest BCUT2D eigenvalue weighted by molar-refractivity contribution is -0.122. The van der Waals surface area contributed by atoms with Crippen LogP contribution < -0.4 is 5.32 Å². The Kier molecular flexibility index (Phi) is 6.84. The Morgan fingerprint density at radius 1 is 1.08 bits per heavy atom. The SMILES string of the molecule is CC(CCc1ccccc1)CC(=O)NC1CCN(Cc2ccccc2)C1. The summed E-state index contributed by atoms with van der Waals surface area (Å²) in [4.78, 5) is 14.8. The van der Waals surface area contributed by atoms with E-state index in [9.17, 15) is 4.79 Å². The van der Waals surface area contributed by atoms with Crippen LogP contribution in [0.2, 0.25) is 0 Å². The molecule has 1 amide bonds. The van der Waals surface area contributed by atoms with E-state index in [1.807, 2.05) is 6.07 Å². The highest BCUT2D eigenvalue weighted by atomic mass is 16.1. The molecule has 0 saturated carbocycles. The number of aryl methyl sites for hydroxylation is 1. The number of amides is 1. The van der Waals surface area contributed by atoms with Gasteiger partial charge in [-0.3, -0.25) is 9.69 Å². The summed E-state index contributed by atoms with van der Waals surface area (Å²) in [7, 11) is 0. The zero-order valence-electron chi connectivity index (χ0n) is 15.7. The molecular weight excluding hydrogens is 320 g/mol. The highest BCUT2D eigenvalue weighted by Crippen LogP contribution is 2.16. The molecule has 1 saturated heterocycles. The standard InChI is InChI=1S/C23H30N2O/c1-19(12-13-20-8-4-2-5-9-20)16-23(26)24-22-14-15-25(18-22)17-21-10-6-3-7-11-21/h2-11,19,22H,12-18H2,1H3,(H,24,26). The molecule has 1 aliphatic heterocycles. The first-order valence-electron chi connectivity index (χ1n) is 9.78. The molecule has 1 aliphatic rings. The number of carbonyl (C=O) groups excluding carboxylic acids is 1. The zero-order chi connectivity index (χ0) is 18.2. The van der Waals surface area contributed by atoms with Crippen molar-refractivity contribution in [2.75, 3.05) is 13.1 Å². The minimum Gasteiger partial charge on any atom is -0.352 e. The first kappa shape index (κ1) is 18.7. The average Bonchev–Trinajstić information content (AvgIpc) is 3.08. The minimum absolute atomic E-state index is 0.206. The summed E-state index contributed by atoms with van der Waals surface area (Å²) in [5.74, 6) is 0.620. The predicted molar refractivity (Wildman–Crippen MR) is 107 cm³/mol. The molecule has 2 atom stereocenters. The second kappa shape index (κ2) is 9.54. The number of benzene rings is 2. The van der Waals surface area contributed by atoms with Crippen molar-refractivity contribution < 1.29 is 4.79 Å². The van der Waals surface area contributed by atoms with Gasteiger partial charge in [-0.2, -0.15) is 0 Å². The van der Waals surface area contributed by atoms with Gasteiger partial charge in [0.1, 0.15) is 0 Å². The molecule has 26 heavy (non-hydrogen) atoms. The topological polar surface area (TPSA) is 32.3 Å². The first-order chi connectivity index (χ1) is 12.7. The molecule has 1 N–H and O–H groups in total. The van der Waals surface area contributed by atoms with Crippen LogP contribution in [0.5, 0.6) is 0 Å². The van der Waals surface area contributed by atoms with E-state index in [-0.39, 0.29) is 5.91 Å². The minimum atomic E-state index is 0.206. The third kappa shape index (κ3) is 5.99. The highest BCUT2D eigenvalue weighted by molar-refractivity contribution is 5.76. The Balaban J connectivity index is 1.35. The van der Waals surface area contributed by atoms with Gasteiger partial charge in [0.05, 0.1) is 0 Å². The Morgan fingerprint density at radius 3 is 2.42 bits per heavy atom. The molecule has 138 valence electrons. The Bertz CT molecular complexity index is 671. The fourth-order valence-corrected chi connectivity index (χ4v) is 3.70. The molecule has 0 aliphatic carbocycles. The maximum atomic E-state index is 12.4. The van der Waals surface area contributed by atoms with Gasteiger partial charge < -0.3 is 5.32 Å². The molecule has 3 heteroatoms. The maximum Gasteiger partial charge on any atom is 0.220 e. The van der Waals surface area contributed by atoms with Gasteiger partial charge in [0, 0.05) is 32.1 Å². The van der Waals surface area contributed by atoms with Crippen LogP contribution in [0.1, 0.15) is 37.3 Å². The van der Waals surface area contributed by atoms with E-state index >= 15 is 0 Å². The van der Waals surface area contributed by atoms with Crippen molar-refractivity contribution in [3.63, 3.8) is 0 Å². The molecule has 0 spiro atoms. The fourth-order valence-electron chi connectivity index (χ4n) is 3.70. The lowest BCUT2D eigenvalue weighted by atomic mass is 9.98. The lowest BCUT2D eigenvalue weighted by Crippen LogP contribution is -2.37. The Labute approximate surface area is 157 Å². The van der Waals surface area contributed by atoms with Crippen LogP contribution in [0.25, 0.3) is 0 Å². The van der Waals surface area contributed by atoms with Crippen LogP contribution in [0.4, 0.5) is 0 Å². The van der Waals surface area contributed by atoms with E-state index in [1.54, 1.807) is 0 Å². The molecule has 0 bridgehead atoms. The molecule has 2 aromatic rings. The first-order valence-corrected chi connectivity index (χ1v) is 9.78. The van der Waals surface area contributed by atoms with Crippen molar-refractivity contribution >= 4 is 5.91 Å². The Hall–Kier alpha value is -2.13. The van der Waals surface area contributed by atoms with Gasteiger partial charge in [0.2, 0.25) is 5.91 Å². The Morgan fingerprint density at radius 2 is 1.73 bits per heavy atom. The van der Waals surface area contributed by atoms with Crippen LogP contribution in [0.3, 0.4) is 0 Å². The second-order valence-corrected chi connectivity index (χ2v) is 7.61. The van der Waals surface area contributed by atoms with Gasteiger partial charge in [0.15, 0.2) is 0 Å². The van der Waals surface area contributed by atoms with E-state index < -0.39 is 0 Å². The van der Waals surface area contributed by atoms with Gasteiger partial charge in [0.25, 0.3) is 0 Å². The maximum absolute atomic E-state index is 12.4. The number of rotatable bonds is 8. The third-order valence-electron chi connectivity index (χ3n) is 5.19. The van der Waals surface area contributed by atoms with Crippen LogP contribution >= 0.6 is 0 Å². The predicted octanol–water partition coefficient (Wildman–Crippen LogP) is 4.04. The summed E-state index contributed by atoms with van der Waals surface area (Å²) in [6.07, 6.45) is 3.78. The number of carbonyl (C=O) groups is 1. The summed E-state index contributed by atoms with van der Waals surface area (Å²) in [5, 5.41) is 3.24. The van der Waals surface area contributed by atoms with Gasteiger partial charge in [-0.05, 0) is 36.3 Å². The number of hydrogen-bond acceptors (Lipinski definition) is 2. The second-order valence-electron chi connectivity index (χ2n) is 7.61. The normalized spacial score (nSPS) is 18.6. The van der Waals surface area contributed by atoms with Crippen LogP contribution in [0.15, 0.2) is 60.7 Å². The molecule has 1 fully saturated rings. The van der Waals surface area contributed by atoms with Crippen molar-refractivity contribution in [3.8, 4) is 0 Å². The molecule has 2 unspecified atom stereocenters. The van der Waals surface area contributed by atoms with Crippen LogP contribution in [-0.2, 0) is 17.8 Å². The van der Waals surface area contributed by atoms with E-state index in [1.165, 1.54) is 11.1 Å². The fraction of sp³-hybridized carbons (Fsp3) is 0.435. The zero-order valence-corrected chi connectivity index (χ0v) is 15.7. The summed E-state index contributed by atoms with van der Waals surface area (Å²) >= 11 is 0. The molecule has 2 aromatic carbocycles. The summed E-state index contributed by atoms with van der Waals surface area (Å²) in [6.45, 7) is 5.17. The van der Waals surface area contributed by atoms with Gasteiger partial charge in [-0.1, -0.05) is 67.6 Å². The van der Waals surface area contributed by atoms with E-state index in [0.717, 1.165) is 38.9 Å². The molecule has 1 heterocycles. The summed E-state index contributed by atoms with van der Waals surface area (Å²) in [5.41, 5.74) is 2.70. The van der Waals surface area contributed by atoms with Crippen molar-refractivity contribution in [1.82, 2.24) is 10.2 Å². The van der Waals surface area contributed by atoms with Gasteiger partial charge in [-0.15, -0.1) is 0 Å². The molecular formula is C23H30N2O. The lowest BCUT2D eigenvalue weighted by Gasteiger charge is -2.18. The number of hydrogen-bond donors (Lipinski definition) is 1. The van der Waals surface area contributed by atoms with Crippen molar-refractivity contribution in [3.05, 3.63) is 71.8 Å². The highest BCUT2D eigenvalue weighted by Gasteiger charge is 2.24. The molecule has 3 nitrogen and oxygen atoms in total. The third-order valence-corrected chi connectivity index (χ3v) is 5.19. The van der Waals surface area contributed by atoms with E-state index in [4.69, 9.17) is 0 Å². The smallest absolute Gasteiger partial charge is 0.220 e. The largest absolute Gasteiger partial charge is 0.352 e. The van der Waals surface area contributed by atoms with Crippen molar-refractivity contribution in [2.24, 2.45) is 5.92 Å². The summed E-state index contributed by atoms with van der Waals surface area (Å²) < 4.78 is 0.